The highest BCUT2D eigenvalue weighted by atomic mass is 35.5. The fourth-order valence-electron chi connectivity index (χ4n) is 3.62. The molecule has 0 bridgehead atoms. The average Bonchev–Trinajstić information content (AvgIpc) is 3.09. The fourth-order valence-corrected chi connectivity index (χ4v) is 3.74. The Kier molecular flexibility index (Phi) is 7.12. The largest absolute Gasteiger partial charge is 0.385 e. The van der Waals surface area contributed by atoms with Gasteiger partial charge in [-0.05, 0) is 42.7 Å². The highest BCUT2D eigenvalue weighted by Crippen LogP contribution is 2.35. The molecule has 3 aromatic rings. The van der Waals surface area contributed by atoms with Crippen LogP contribution in [0.4, 0.5) is 0 Å². The first-order valence-electron chi connectivity index (χ1n) is 9.73. The van der Waals surface area contributed by atoms with Crippen LogP contribution in [0, 0.1) is 0 Å². The smallest absolute Gasteiger partial charge is 0.220 e. The van der Waals surface area contributed by atoms with Gasteiger partial charge in [-0.15, -0.1) is 0 Å². The summed E-state index contributed by atoms with van der Waals surface area (Å²) in [6.45, 7) is 4.29. The molecule has 0 radical (unpaired) electrons. The number of benzene rings is 2. The highest BCUT2D eigenvalue weighted by molar-refractivity contribution is 6.30. The molecule has 0 saturated carbocycles. The number of hydrogen-bond acceptors (Lipinski definition) is 2. The van der Waals surface area contributed by atoms with Crippen molar-refractivity contribution in [3.05, 3.63) is 70.9 Å². The number of amides is 1. The van der Waals surface area contributed by atoms with Gasteiger partial charge in [0.1, 0.15) is 0 Å². The molecule has 5 heteroatoms. The zero-order valence-corrected chi connectivity index (χ0v) is 17.2. The van der Waals surface area contributed by atoms with Gasteiger partial charge in [0, 0.05) is 61.3 Å². The molecule has 1 aromatic heterocycles. The molecule has 148 valence electrons. The van der Waals surface area contributed by atoms with E-state index >= 15 is 0 Å². The molecule has 1 amide bonds. The minimum Gasteiger partial charge on any atom is -0.385 e. The van der Waals surface area contributed by atoms with Crippen LogP contribution in [-0.4, -0.2) is 30.7 Å². The van der Waals surface area contributed by atoms with Crippen LogP contribution in [0.3, 0.4) is 0 Å². The van der Waals surface area contributed by atoms with Gasteiger partial charge in [0.2, 0.25) is 5.91 Å². The second-order valence-corrected chi connectivity index (χ2v) is 7.33. The van der Waals surface area contributed by atoms with Crippen molar-refractivity contribution < 1.29 is 9.53 Å². The minimum atomic E-state index is -0.0302. The van der Waals surface area contributed by atoms with Crippen molar-refractivity contribution in [3.63, 3.8) is 0 Å². The maximum atomic E-state index is 12.7. The molecular formula is C23H27ClN2O2. The summed E-state index contributed by atoms with van der Waals surface area (Å²) in [5.41, 5.74) is 3.46. The van der Waals surface area contributed by atoms with Gasteiger partial charge >= 0.3 is 0 Å². The molecular weight excluding hydrogens is 372 g/mol. The van der Waals surface area contributed by atoms with Gasteiger partial charge in [-0.25, -0.2) is 0 Å². The lowest BCUT2D eigenvalue weighted by molar-refractivity contribution is -0.121. The van der Waals surface area contributed by atoms with Crippen molar-refractivity contribution in [1.29, 1.82) is 0 Å². The number of carbonyl (C=O) groups excluding carboxylic acids is 1. The third kappa shape index (κ3) is 4.75. The van der Waals surface area contributed by atoms with E-state index in [0.717, 1.165) is 18.5 Å². The van der Waals surface area contributed by atoms with Crippen LogP contribution < -0.4 is 5.32 Å². The summed E-state index contributed by atoms with van der Waals surface area (Å²) in [5, 5.41) is 4.90. The molecule has 0 aliphatic carbocycles. The van der Waals surface area contributed by atoms with Gasteiger partial charge in [0.25, 0.3) is 0 Å². The number of fused-ring (bicyclic) bond motifs is 1. The second kappa shape index (κ2) is 9.76. The van der Waals surface area contributed by atoms with Crippen LogP contribution in [0.1, 0.15) is 36.8 Å². The molecule has 0 aliphatic rings. The zero-order valence-electron chi connectivity index (χ0n) is 16.5. The van der Waals surface area contributed by atoms with Gasteiger partial charge in [0.05, 0.1) is 0 Å². The standard InChI is InChI=1S/C23H27ClN2O2/c1-3-26-16-21(19-7-4-5-8-22(19)26)20(17-9-11-18(24)12-10-17)15-23(27)25-13-6-14-28-2/h4-5,7-12,16,20H,3,6,13-15H2,1-2H3,(H,25,27). The highest BCUT2D eigenvalue weighted by Gasteiger charge is 2.22. The monoisotopic (exact) mass is 398 g/mol. The van der Waals surface area contributed by atoms with Crippen molar-refractivity contribution in [2.45, 2.75) is 32.2 Å². The van der Waals surface area contributed by atoms with Crippen LogP contribution in [0.2, 0.25) is 5.02 Å². The van der Waals surface area contributed by atoms with E-state index in [1.165, 1.54) is 16.5 Å². The Morgan fingerprint density at radius 1 is 1.18 bits per heavy atom. The van der Waals surface area contributed by atoms with Gasteiger partial charge in [-0.1, -0.05) is 41.9 Å². The first-order chi connectivity index (χ1) is 13.6. The predicted molar refractivity (Wildman–Crippen MR) is 115 cm³/mol. The lowest BCUT2D eigenvalue weighted by Gasteiger charge is -2.17. The SMILES string of the molecule is CCn1cc(C(CC(=O)NCCCOC)c2ccc(Cl)cc2)c2ccccc21. The van der Waals surface area contributed by atoms with Crippen molar-refractivity contribution in [1.82, 2.24) is 9.88 Å². The van der Waals surface area contributed by atoms with E-state index in [0.29, 0.717) is 24.6 Å². The van der Waals surface area contributed by atoms with Crippen LogP contribution in [-0.2, 0) is 16.1 Å². The van der Waals surface area contributed by atoms with E-state index in [4.69, 9.17) is 16.3 Å². The molecule has 0 aliphatic heterocycles. The van der Waals surface area contributed by atoms with Crippen molar-refractivity contribution >= 4 is 28.4 Å². The summed E-state index contributed by atoms with van der Waals surface area (Å²) in [6, 6.07) is 16.2. The number of halogens is 1. The van der Waals surface area contributed by atoms with E-state index in [2.05, 4.69) is 47.3 Å². The first-order valence-corrected chi connectivity index (χ1v) is 10.1. The first kappa shape index (κ1) is 20.4. The van der Waals surface area contributed by atoms with E-state index in [1.807, 2.05) is 24.3 Å². The molecule has 1 N–H and O–H groups in total. The molecule has 4 nitrogen and oxygen atoms in total. The molecule has 0 spiro atoms. The number of aromatic nitrogens is 1. The summed E-state index contributed by atoms with van der Waals surface area (Å²) in [4.78, 5) is 12.7. The average molecular weight is 399 g/mol. The zero-order chi connectivity index (χ0) is 19.9. The van der Waals surface area contributed by atoms with Crippen LogP contribution in [0.15, 0.2) is 54.7 Å². The predicted octanol–water partition coefficient (Wildman–Crippen LogP) is 4.99. The summed E-state index contributed by atoms with van der Waals surface area (Å²) >= 11 is 6.09. The summed E-state index contributed by atoms with van der Waals surface area (Å²) in [7, 11) is 1.67. The molecule has 1 heterocycles. The number of nitrogens with one attached hydrogen (secondary N) is 1. The summed E-state index contributed by atoms with van der Waals surface area (Å²) < 4.78 is 7.29. The molecule has 1 unspecified atom stereocenters. The van der Waals surface area contributed by atoms with E-state index in [1.54, 1.807) is 7.11 Å². The van der Waals surface area contributed by atoms with Gasteiger partial charge in [-0.2, -0.15) is 0 Å². The third-order valence-electron chi connectivity index (χ3n) is 5.04. The maximum Gasteiger partial charge on any atom is 0.220 e. The lowest BCUT2D eigenvalue weighted by atomic mass is 9.88. The normalized spacial score (nSPS) is 12.2. The number of rotatable bonds is 9. The fraction of sp³-hybridized carbons (Fsp3) is 0.348. The third-order valence-corrected chi connectivity index (χ3v) is 5.30. The van der Waals surface area contributed by atoms with Crippen molar-refractivity contribution in [2.24, 2.45) is 0 Å². The number of ether oxygens (including phenoxy) is 1. The van der Waals surface area contributed by atoms with Crippen LogP contribution >= 0.6 is 11.6 Å². The number of para-hydroxylation sites is 1. The maximum absolute atomic E-state index is 12.7. The number of nitrogens with zero attached hydrogens (tertiary/aromatic N) is 1. The topological polar surface area (TPSA) is 43.3 Å². The number of aryl methyl sites for hydroxylation is 1. The number of methoxy groups -OCH3 is 1. The molecule has 1 atom stereocenters. The Labute approximate surface area is 171 Å². The van der Waals surface area contributed by atoms with E-state index in [-0.39, 0.29) is 11.8 Å². The quantitative estimate of drug-likeness (QED) is 0.516. The summed E-state index contributed by atoms with van der Waals surface area (Å²) in [5.74, 6) is 0.0155. The minimum absolute atomic E-state index is 0.0302. The second-order valence-electron chi connectivity index (χ2n) is 6.89. The summed E-state index contributed by atoms with van der Waals surface area (Å²) in [6.07, 6.45) is 3.39. The van der Waals surface area contributed by atoms with Crippen molar-refractivity contribution in [3.8, 4) is 0 Å². The van der Waals surface area contributed by atoms with E-state index in [9.17, 15) is 4.79 Å². The molecule has 3 rings (SSSR count). The molecule has 28 heavy (non-hydrogen) atoms. The van der Waals surface area contributed by atoms with Gasteiger partial charge < -0.3 is 14.6 Å². The molecule has 2 aromatic carbocycles. The molecule has 0 saturated heterocycles. The van der Waals surface area contributed by atoms with Gasteiger partial charge in [0.15, 0.2) is 0 Å². The lowest BCUT2D eigenvalue weighted by Crippen LogP contribution is -2.27. The number of hydrogen-bond donors (Lipinski definition) is 1. The Balaban J connectivity index is 1.93. The van der Waals surface area contributed by atoms with Gasteiger partial charge in [-0.3, -0.25) is 4.79 Å². The van der Waals surface area contributed by atoms with Crippen molar-refractivity contribution in [2.75, 3.05) is 20.3 Å². The Bertz CT molecular complexity index is 918. The Morgan fingerprint density at radius 2 is 1.93 bits per heavy atom. The Morgan fingerprint density at radius 3 is 2.64 bits per heavy atom. The Hall–Kier alpha value is -2.30. The molecule has 0 fully saturated rings. The number of carbonyl (C=O) groups is 1. The van der Waals surface area contributed by atoms with E-state index < -0.39 is 0 Å². The van der Waals surface area contributed by atoms with Crippen LogP contribution in [0.5, 0.6) is 0 Å². The van der Waals surface area contributed by atoms with Crippen LogP contribution in [0.25, 0.3) is 10.9 Å².